The normalized spacial score (nSPS) is 10.8. The first-order valence-corrected chi connectivity index (χ1v) is 8.95. The summed E-state index contributed by atoms with van der Waals surface area (Å²) in [6.07, 6.45) is 17.0. The Bertz CT molecular complexity index is 180. The molecule has 0 saturated heterocycles. The summed E-state index contributed by atoms with van der Waals surface area (Å²) >= 11 is 3.47. The van der Waals surface area contributed by atoms with E-state index in [0.29, 0.717) is 5.78 Å². The van der Waals surface area contributed by atoms with Crippen LogP contribution in [0.15, 0.2) is 0 Å². The third-order valence-corrected chi connectivity index (χ3v) is 3.97. The summed E-state index contributed by atoms with van der Waals surface area (Å²) in [7, 11) is 0. The predicted octanol–water partition coefficient (Wildman–Crippen LogP) is 6.04. The Balaban J connectivity index is 2.92. The molecule has 0 bridgehead atoms. The molecule has 0 N–H and O–H groups in total. The molecule has 0 aromatic carbocycles. The van der Waals surface area contributed by atoms with E-state index in [1.807, 2.05) is 0 Å². The molecule has 0 rings (SSSR count). The van der Waals surface area contributed by atoms with E-state index in [4.69, 9.17) is 0 Å². The van der Waals surface area contributed by atoms with Gasteiger partial charge in [-0.15, -0.1) is 0 Å². The quantitative estimate of drug-likeness (QED) is 0.282. The van der Waals surface area contributed by atoms with Gasteiger partial charge in [-0.1, -0.05) is 80.1 Å². The van der Waals surface area contributed by atoms with Crippen molar-refractivity contribution in [3.8, 4) is 0 Å². The van der Waals surface area contributed by atoms with Crippen molar-refractivity contribution in [3.05, 3.63) is 0 Å². The highest BCUT2D eigenvalue weighted by atomic mass is 79.9. The average molecular weight is 319 g/mol. The first kappa shape index (κ1) is 18.1. The number of alkyl halides is 1. The van der Waals surface area contributed by atoms with Gasteiger partial charge in [-0.25, -0.2) is 0 Å². The maximum atomic E-state index is 10.7. The van der Waals surface area contributed by atoms with Crippen LogP contribution < -0.4 is 0 Å². The second-order valence-corrected chi connectivity index (χ2v) is 6.18. The van der Waals surface area contributed by atoms with Crippen LogP contribution >= 0.6 is 15.9 Å². The van der Waals surface area contributed by atoms with Gasteiger partial charge in [0.2, 0.25) is 0 Å². The summed E-state index contributed by atoms with van der Waals surface area (Å²) in [5.41, 5.74) is 0. The summed E-state index contributed by atoms with van der Waals surface area (Å²) in [6, 6.07) is 0. The molecule has 0 unspecified atom stereocenters. The smallest absolute Gasteiger partial charge is 0.129 e. The van der Waals surface area contributed by atoms with Gasteiger partial charge >= 0.3 is 0 Å². The largest absolute Gasteiger partial charge is 0.300 e. The monoisotopic (exact) mass is 318 g/mol. The zero-order valence-electron chi connectivity index (χ0n) is 12.2. The molecule has 2 heteroatoms. The molecule has 0 aromatic rings. The highest BCUT2D eigenvalue weighted by Crippen LogP contribution is 2.12. The summed E-state index contributed by atoms with van der Waals surface area (Å²) < 4.78 is 0. The molecular weight excluding hydrogens is 288 g/mol. The van der Waals surface area contributed by atoms with Crippen molar-refractivity contribution in [3.63, 3.8) is 0 Å². The minimum Gasteiger partial charge on any atom is -0.300 e. The molecule has 0 atom stereocenters. The van der Waals surface area contributed by atoms with Gasteiger partial charge in [0.1, 0.15) is 5.78 Å². The first-order valence-electron chi connectivity index (χ1n) is 7.82. The molecule has 0 fully saturated rings. The fraction of sp³-hybridized carbons (Fsp3) is 0.938. The first-order chi connectivity index (χ1) is 8.77. The highest BCUT2D eigenvalue weighted by molar-refractivity contribution is 9.09. The lowest BCUT2D eigenvalue weighted by Crippen LogP contribution is -1.89. The zero-order valence-corrected chi connectivity index (χ0v) is 13.8. The molecule has 0 aliphatic heterocycles. The van der Waals surface area contributed by atoms with Crippen molar-refractivity contribution < 1.29 is 4.79 Å². The van der Waals surface area contributed by atoms with Gasteiger partial charge in [0, 0.05) is 11.8 Å². The number of ketones is 1. The van der Waals surface area contributed by atoms with Crippen LogP contribution in [-0.4, -0.2) is 11.1 Å². The number of hydrogen-bond donors (Lipinski definition) is 0. The molecule has 0 aliphatic carbocycles. The van der Waals surface area contributed by atoms with Gasteiger partial charge in [0.05, 0.1) is 0 Å². The molecule has 1 nitrogen and oxygen atoms in total. The maximum Gasteiger partial charge on any atom is 0.129 e. The van der Waals surface area contributed by atoms with Gasteiger partial charge in [-0.05, 0) is 19.8 Å². The van der Waals surface area contributed by atoms with Crippen LogP contribution in [0, 0.1) is 0 Å². The Morgan fingerprint density at radius 2 is 1.00 bits per heavy atom. The molecule has 0 aliphatic rings. The molecule has 0 heterocycles. The summed E-state index contributed by atoms with van der Waals surface area (Å²) in [5.74, 6) is 0.343. The van der Waals surface area contributed by atoms with Crippen LogP contribution in [0.5, 0.6) is 0 Å². The van der Waals surface area contributed by atoms with Gasteiger partial charge in [0.15, 0.2) is 0 Å². The van der Waals surface area contributed by atoms with Crippen LogP contribution in [0.4, 0.5) is 0 Å². The lowest BCUT2D eigenvalue weighted by atomic mass is 10.0. The maximum absolute atomic E-state index is 10.7. The van der Waals surface area contributed by atoms with Crippen molar-refractivity contribution in [2.45, 2.75) is 90.4 Å². The molecule has 108 valence electrons. The Morgan fingerprint density at radius 1 is 0.667 bits per heavy atom. The van der Waals surface area contributed by atoms with Gasteiger partial charge < -0.3 is 4.79 Å². The van der Waals surface area contributed by atoms with E-state index in [1.54, 1.807) is 6.92 Å². The fourth-order valence-electron chi connectivity index (χ4n) is 2.24. The molecule has 0 spiro atoms. The Hall–Kier alpha value is 0.150. The lowest BCUT2D eigenvalue weighted by Gasteiger charge is -2.02. The minimum atomic E-state index is 0.343. The van der Waals surface area contributed by atoms with Gasteiger partial charge in [-0.3, -0.25) is 0 Å². The van der Waals surface area contributed by atoms with Crippen LogP contribution in [0.3, 0.4) is 0 Å². The van der Waals surface area contributed by atoms with E-state index in [1.165, 1.54) is 70.6 Å². The molecular formula is C16H31BrO. The number of hydrogen-bond acceptors (Lipinski definition) is 1. The topological polar surface area (TPSA) is 17.1 Å². The van der Waals surface area contributed by atoms with Crippen LogP contribution in [0.1, 0.15) is 90.4 Å². The number of carbonyl (C=O) groups is 1. The van der Waals surface area contributed by atoms with Crippen molar-refractivity contribution in [1.82, 2.24) is 0 Å². The molecule has 0 amide bonds. The predicted molar refractivity (Wildman–Crippen MR) is 84.5 cm³/mol. The average Bonchev–Trinajstić information content (AvgIpc) is 2.34. The van der Waals surface area contributed by atoms with E-state index in [0.717, 1.165) is 18.2 Å². The van der Waals surface area contributed by atoms with Crippen molar-refractivity contribution in [2.75, 3.05) is 5.33 Å². The van der Waals surface area contributed by atoms with Gasteiger partial charge in [-0.2, -0.15) is 0 Å². The number of halogens is 1. The van der Waals surface area contributed by atoms with Crippen molar-refractivity contribution in [2.24, 2.45) is 0 Å². The Labute approximate surface area is 122 Å². The summed E-state index contributed by atoms with van der Waals surface area (Å²) in [6.45, 7) is 1.69. The van der Waals surface area contributed by atoms with E-state index < -0.39 is 0 Å². The molecule has 0 aromatic heterocycles. The number of carbonyl (C=O) groups excluding carboxylic acids is 1. The lowest BCUT2D eigenvalue weighted by molar-refractivity contribution is -0.117. The molecule has 18 heavy (non-hydrogen) atoms. The van der Waals surface area contributed by atoms with E-state index in [-0.39, 0.29) is 0 Å². The van der Waals surface area contributed by atoms with Crippen molar-refractivity contribution in [1.29, 1.82) is 0 Å². The number of rotatable bonds is 14. The minimum absolute atomic E-state index is 0.343. The number of unbranched alkanes of at least 4 members (excludes halogenated alkanes) is 11. The van der Waals surface area contributed by atoms with Crippen LogP contribution in [-0.2, 0) is 4.79 Å². The Kier molecular flexibility index (Phi) is 15.3. The van der Waals surface area contributed by atoms with Crippen LogP contribution in [0.25, 0.3) is 0 Å². The van der Waals surface area contributed by atoms with E-state index in [9.17, 15) is 4.79 Å². The molecule has 0 saturated carbocycles. The van der Waals surface area contributed by atoms with E-state index >= 15 is 0 Å². The van der Waals surface area contributed by atoms with Crippen molar-refractivity contribution >= 4 is 21.7 Å². The van der Waals surface area contributed by atoms with Gasteiger partial charge in [0.25, 0.3) is 0 Å². The standard InChI is InChI=1S/C16H31BrO/c1-16(18)14-12-10-8-6-4-2-3-5-7-9-11-13-15-17/h2-15H2,1H3. The van der Waals surface area contributed by atoms with E-state index in [2.05, 4.69) is 15.9 Å². The third kappa shape index (κ3) is 16.1. The summed E-state index contributed by atoms with van der Waals surface area (Å²) in [4.78, 5) is 10.7. The highest BCUT2D eigenvalue weighted by Gasteiger charge is 1.95. The Morgan fingerprint density at radius 3 is 1.33 bits per heavy atom. The second kappa shape index (κ2) is 15.2. The molecule has 0 radical (unpaired) electrons. The third-order valence-electron chi connectivity index (χ3n) is 3.41. The van der Waals surface area contributed by atoms with Crippen LogP contribution in [0.2, 0.25) is 0 Å². The fourth-order valence-corrected chi connectivity index (χ4v) is 2.63. The zero-order chi connectivity index (χ0) is 13.5. The summed E-state index contributed by atoms with van der Waals surface area (Å²) in [5, 5.41) is 1.16. The second-order valence-electron chi connectivity index (χ2n) is 5.38. The SMILES string of the molecule is CC(=O)CCCCCCCCCCCCCCBr. The number of Topliss-reactive ketones (excluding diaryl/α,β-unsaturated/α-hetero) is 1.